The van der Waals surface area contributed by atoms with Crippen LogP contribution in [0.15, 0.2) is 24.3 Å². The van der Waals surface area contributed by atoms with Crippen molar-refractivity contribution in [3.63, 3.8) is 0 Å². The number of rotatable bonds is 4. The normalized spacial score (nSPS) is 17.1. The molecule has 3 heteroatoms. The first-order valence-electron chi connectivity index (χ1n) is 6.44. The minimum absolute atomic E-state index is 0.639. The highest BCUT2D eigenvalue weighted by Crippen LogP contribution is 2.46. The van der Waals surface area contributed by atoms with E-state index in [0.717, 1.165) is 13.1 Å². The lowest BCUT2D eigenvalue weighted by molar-refractivity contribution is 0.860. The smallest absolute Gasteiger partial charge is 0.0771 e. The van der Waals surface area contributed by atoms with E-state index in [2.05, 4.69) is 66.5 Å². The van der Waals surface area contributed by atoms with Crippen molar-refractivity contribution in [2.45, 2.75) is 24.9 Å². The van der Waals surface area contributed by atoms with Crippen molar-refractivity contribution < 1.29 is 0 Å². The Balaban J connectivity index is 2.25. The Bertz CT molecular complexity index is 344. The van der Waals surface area contributed by atoms with Crippen LogP contribution < -0.4 is 4.90 Å². The molecule has 94 valence electrons. The monoisotopic (exact) mass is 267 g/mol. The number of thioether (sulfide) groups is 2. The highest BCUT2D eigenvalue weighted by molar-refractivity contribution is 8.16. The lowest BCUT2D eigenvalue weighted by Crippen LogP contribution is -2.23. The van der Waals surface area contributed by atoms with Crippen molar-refractivity contribution in [2.75, 3.05) is 29.5 Å². The molecule has 0 saturated carbocycles. The number of hydrogen-bond acceptors (Lipinski definition) is 3. The second kappa shape index (κ2) is 6.60. The summed E-state index contributed by atoms with van der Waals surface area (Å²) >= 11 is 4.21. The molecular weight excluding hydrogens is 246 g/mol. The van der Waals surface area contributed by atoms with Gasteiger partial charge < -0.3 is 4.90 Å². The molecule has 1 aromatic carbocycles. The van der Waals surface area contributed by atoms with E-state index in [9.17, 15) is 0 Å². The van der Waals surface area contributed by atoms with Crippen molar-refractivity contribution in [1.82, 2.24) is 0 Å². The van der Waals surface area contributed by atoms with Gasteiger partial charge in [0.2, 0.25) is 0 Å². The van der Waals surface area contributed by atoms with E-state index >= 15 is 0 Å². The van der Waals surface area contributed by atoms with E-state index in [1.54, 1.807) is 0 Å². The van der Waals surface area contributed by atoms with Gasteiger partial charge in [-0.15, -0.1) is 23.5 Å². The summed E-state index contributed by atoms with van der Waals surface area (Å²) < 4.78 is 0.639. The van der Waals surface area contributed by atoms with Crippen molar-refractivity contribution in [2.24, 2.45) is 0 Å². The predicted octanol–water partition coefficient (Wildman–Crippen LogP) is 4.40. The molecule has 0 N–H and O–H groups in total. The van der Waals surface area contributed by atoms with Gasteiger partial charge in [0.05, 0.1) is 4.58 Å². The number of anilines is 1. The van der Waals surface area contributed by atoms with Gasteiger partial charge in [0.15, 0.2) is 0 Å². The van der Waals surface area contributed by atoms with Crippen molar-refractivity contribution in [1.29, 1.82) is 0 Å². The first-order valence-corrected chi connectivity index (χ1v) is 8.53. The molecule has 1 fully saturated rings. The molecule has 17 heavy (non-hydrogen) atoms. The summed E-state index contributed by atoms with van der Waals surface area (Å²) in [6, 6.07) is 8.93. The van der Waals surface area contributed by atoms with Gasteiger partial charge in [-0.1, -0.05) is 18.2 Å². The second-order valence-electron chi connectivity index (χ2n) is 4.16. The third-order valence-electron chi connectivity index (χ3n) is 3.12. The lowest BCUT2D eigenvalue weighted by atomic mass is 10.2. The van der Waals surface area contributed by atoms with E-state index in [1.165, 1.54) is 29.2 Å². The van der Waals surface area contributed by atoms with Crippen molar-refractivity contribution in [3.05, 3.63) is 29.8 Å². The molecule has 1 aliphatic heterocycles. The van der Waals surface area contributed by atoms with E-state index in [0.29, 0.717) is 4.58 Å². The molecule has 1 aromatic rings. The maximum atomic E-state index is 2.46. The summed E-state index contributed by atoms with van der Waals surface area (Å²) in [5, 5.41) is 0. The molecule has 0 bridgehead atoms. The van der Waals surface area contributed by atoms with Gasteiger partial charge in [0.1, 0.15) is 0 Å². The van der Waals surface area contributed by atoms with Gasteiger partial charge in [-0.2, -0.15) is 0 Å². The minimum atomic E-state index is 0.639. The van der Waals surface area contributed by atoms with Gasteiger partial charge in [-0.05, 0) is 43.4 Å². The Labute approximate surface area is 113 Å². The first-order chi connectivity index (χ1) is 8.36. The summed E-state index contributed by atoms with van der Waals surface area (Å²) in [5.41, 5.74) is 2.95. The predicted molar refractivity (Wildman–Crippen MR) is 82.3 cm³/mol. The number of benzene rings is 1. The minimum Gasteiger partial charge on any atom is -0.372 e. The van der Waals surface area contributed by atoms with Crippen molar-refractivity contribution >= 4 is 29.2 Å². The van der Waals surface area contributed by atoms with Crippen LogP contribution in [0.2, 0.25) is 0 Å². The number of para-hydroxylation sites is 1. The highest BCUT2D eigenvalue weighted by Gasteiger charge is 2.20. The van der Waals surface area contributed by atoms with E-state index < -0.39 is 0 Å². The molecule has 1 saturated heterocycles. The van der Waals surface area contributed by atoms with Crippen molar-refractivity contribution in [3.8, 4) is 0 Å². The van der Waals surface area contributed by atoms with Crippen LogP contribution in [0.25, 0.3) is 0 Å². The Morgan fingerprint density at radius 3 is 2.41 bits per heavy atom. The van der Waals surface area contributed by atoms with Crippen LogP contribution in [0.4, 0.5) is 5.69 Å². The molecule has 1 nitrogen and oxygen atoms in total. The SMILES string of the molecule is CCN(CC)c1ccccc1C1SCCCS1. The summed E-state index contributed by atoms with van der Waals surface area (Å²) in [6.07, 6.45) is 1.36. The molecule has 0 aromatic heterocycles. The fourth-order valence-electron chi connectivity index (χ4n) is 2.21. The molecule has 0 unspecified atom stereocenters. The highest BCUT2D eigenvalue weighted by atomic mass is 32.2. The lowest BCUT2D eigenvalue weighted by Gasteiger charge is -2.29. The fraction of sp³-hybridized carbons (Fsp3) is 0.571. The first kappa shape index (κ1) is 13.2. The maximum absolute atomic E-state index is 2.46. The van der Waals surface area contributed by atoms with Crippen LogP contribution >= 0.6 is 23.5 Å². The number of nitrogens with zero attached hydrogens (tertiary/aromatic N) is 1. The van der Waals surface area contributed by atoms with Gasteiger partial charge in [-0.3, -0.25) is 0 Å². The summed E-state index contributed by atoms with van der Waals surface area (Å²) in [6.45, 7) is 6.66. The molecule has 0 radical (unpaired) electrons. The van der Waals surface area contributed by atoms with E-state index in [4.69, 9.17) is 0 Å². The van der Waals surface area contributed by atoms with Gasteiger partial charge in [0.25, 0.3) is 0 Å². The van der Waals surface area contributed by atoms with Crippen LogP contribution in [0, 0.1) is 0 Å². The zero-order valence-electron chi connectivity index (χ0n) is 10.7. The zero-order chi connectivity index (χ0) is 12.1. The molecule has 0 aliphatic carbocycles. The van der Waals surface area contributed by atoms with Crippen LogP contribution in [0.3, 0.4) is 0 Å². The van der Waals surface area contributed by atoms with Gasteiger partial charge >= 0.3 is 0 Å². The maximum Gasteiger partial charge on any atom is 0.0771 e. The summed E-state index contributed by atoms with van der Waals surface area (Å²) in [5.74, 6) is 2.62. The average molecular weight is 267 g/mol. The molecule has 0 atom stereocenters. The third kappa shape index (κ3) is 3.14. The Morgan fingerprint density at radius 1 is 1.12 bits per heavy atom. The largest absolute Gasteiger partial charge is 0.372 e. The Morgan fingerprint density at radius 2 is 1.76 bits per heavy atom. The molecule has 0 spiro atoms. The summed E-state index contributed by atoms with van der Waals surface area (Å²) in [7, 11) is 0. The Kier molecular flexibility index (Phi) is 5.11. The standard InChI is InChI=1S/C14H21NS2/c1-3-15(4-2)13-9-6-5-8-12(13)14-16-10-7-11-17-14/h5-6,8-9,14H,3-4,7,10-11H2,1-2H3. The third-order valence-corrected chi connectivity index (χ3v) is 6.10. The second-order valence-corrected chi connectivity index (χ2v) is 6.88. The molecular formula is C14H21NS2. The molecule has 1 heterocycles. The number of hydrogen-bond donors (Lipinski definition) is 0. The molecule has 0 amide bonds. The molecule has 1 aliphatic rings. The van der Waals surface area contributed by atoms with E-state index in [1.807, 2.05) is 0 Å². The Hall–Kier alpha value is -0.280. The zero-order valence-corrected chi connectivity index (χ0v) is 12.3. The fourth-order valence-corrected chi connectivity index (χ4v) is 5.16. The van der Waals surface area contributed by atoms with E-state index in [-0.39, 0.29) is 0 Å². The topological polar surface area (TPSA) is 3.24 Å². The van der Waals surface area contributed by atoms with Gasteiger partial charge in [0, 0.05) is 18.8 Å². The van der Waals surface area contributed by atoms with Crippen LogP contribution in [0.1, 0.15) is 30.4 Å². The van der Waals surface area contributed by atoms with Crippen LogP contribution in [-0.4, -0.2) is 24.6 Å². The quantitative estimate of drug-likeness (QED) is 0.796. The van der Waals surface area contributed by atoms with Crippen LogP contribution in [-0.2, 0) is 0 Å². The molecule has 2 rings (SSSR count). The van der Waals surface area contributed by atoms with Gasteiger partial charge in [-0.25, -0.2) is 0 Å². The average Bonchev–Trinajstić information content (AvgIpc) is 2.42. The summed E-state index contributed by atoms with van der Waals surface area (Å²) in [4.78, 5) is 2.46. The van der Waals surface area contributed by atoms with Crippen LogP contribution in [0.5, 0.6) is 0 Å².